The molecule has 2 heterocycles. The van der Waals surface area contributed by atoms with Gasteiger partial charge >= 0.3 is 5.91 Å². The molecule has 3 aromatic rings. The van der Waals surface area contributed by atoms with Crippen LogP contribution in [0.4, 0.5) is 0 Å². The summed E-state index contributed by atoms with van der Waals surface area (Å²) in [4.78, 5) is 32.6. The highest BCUT2D eigenvalue weighted by Crippen LogP contribution is 2.20. The molecule has 27 heavy (non-hydrogen) atoms. The first-order valence-electron chi connectivity index (χ1n) is 8.19. The molecule has 3 rings (SSSR count). The maximum atomic E-state index is 12.1. The molecule has 0 aliphatic heterocycles. The van der Waals surface area contributed by atoms with Crippen molar-refractivity contribution >= 4 is 23.6 Å². The SMILES string of the molecule is Cc1cc(C)nc(SCc2ccc(C(=O)NNC(=O)c3ccco3)cc2)n1. The minimum absolute atomic E-state index is 0.122. The third kappa shape index (κ3) is 5.18. The zero-order valence-corrected chi connectivity index (χ0v) is 15.7. The topological polar surface area (TPSA) is 97.1 Å². The van der Waals surface area contributed by atoms with Gasteiger partial charge in [0.2, 0.25) is 0 Å². The van der Waals surface area contributed by atoms with Crippen LogP contribution in [0.1, 0.15) is 37.9 Å². The van der Waals surface area contributed by atoms with Crippen LogP contribution in [-0.2, 0) is 5.75 Å². The summed E-state index contributed by atoms with van der Waals surface area (Å²) < 4.78 is 4.95. The fraction of sp³-hybridized carbons (Fsp3) is 0.158. The number of furan rings is 1. The lowest BCUT2D eigenvalue weighted by Gasteiger charge is -2.07. The van der Waals surface area contributed by atoms with E-state index in [9.17, 15) is 9.59 Å². The van der Waals surface area contributed by atoms with Crippen LogP contribution in [0.2, 0.25) is 0 Å². The van der Waals surface area contributed by atoms with E-state index in [2.05, 4.69) is 20.8 Å². The van der Waals surface area contributed by atoms with Crippen LogP contribution < -0.4 is 10.9 Å². The Morgan fingerprint density at radius 2 is 1.67 bits per heavy atom. The predicted molar refractivity (Wildman–Crippen MR) is 101 cm³/mol. The third-order valence-corrected chi connectivity index (χ3v) is 4.50. The van der Waals surface area contributed by atoms with Gasteiger partial charge < -0.3 is 4.42 Å². The molecule has 0 fully saturated rings. The molecule has 138 valence electrons. The summed E-state index contributed by atoms with van der Waals surface area (Å²) >= 11 is 1.54. The summed E-state index contributed by atoms with van der Waals surface area (Å²) in [5.74, 6) is -0.113. The molecule has 0 bridgehead atoms. The van der Waals surface area contributed by atoms with Gasteiger partial charge in [-0.1, -0.05) is 23.9 Å². The van der Waals surface area contributed by atoms with Crippen molar-refractivity contribution in [2.24, 2.45) is 0 Å². The van der Waals surface area contributed by atoms with Gasteiger partial charge in [-0.25, -0.2) is 9.97 Å². The quantitative estimate of drug-likeness (QED) is 0.400. The highest BCUT2D eigenvalue weighted by molar-refractivity contribution is 7.98. The maximum absolute atomic E-state index is 12.1. The predicted octanol–water partition coefficient (Wildman–Crippen LogP) is 3.05. The van der Waals surface area contributed by atoms with Gasteiger partial charge in [0.15, 0.2) is 10.9 Å². The number of thioether (sulfide) groups is 1. The lowest BCUT2D eigenvalue weighted by atomic mass is 10.1. The van der Waals surface area contributed by atoms with Gasteiger partial charge in [0.25, 0.3) is 5.91 Å². The summed E-state index contributed by atoms with van der Waals surface area (Å²) in [6.45, 7) is 3.88. The number of carbonyl (C=O) groups excluding carboxylic acids is 2. The first-order valence-corrected chi connectivity index (χ1v) is 9.18. The van der Waals surface area contributed by atoms with E-state index in [1.54, 1.807) is 18.2 Å². The first-order chi connectivity index (χ1) is 13.0. The molecule has 0 saturated heterocycles. The van der Waals surface area contributed by atoms with E-state index in [-0.39, 0.29) is 5.76 Å². The van der Waals surface area contributed by atoms with Crippen molar-refractivity contribution in [1.82, 2.24) is 20.8 Å². The second-order valence-corrected chi connectivity index (χ2v) is 6.75. The monoisotopic (exact) mass is 382 g/mol. The van der Waals surface area contributed by atoms with E-state index in [0.717, 1.165) is 22.1 Å². The number of hydrogen-bond acceptors (Lipinski definition) is 6. The van der Waals surface area contributed by atoms with E-state index in [1.165, 1.54) is 24.1 Å². The van der Waals surface area contributed by atoms with E-state index < -0.39 is 11.8 Å². The minimum atomic E-state index is -0.519. The lowest BCUT2D eigenvalue weighted by molar-refractivity contribution is 0.0831. The fourth-order valence-electron chi connectivity index (χ4n) is 2.31. The van der Waals surface area contributed by atoms with Crippen LogP contribution in [0.15, 0.2) is 58.3 Å². The first kappa shape index (κ1) is 18.7. The van der Waals surface area contributed by atoms with Gasteiger partial charge in [-0.05, 0) is 49.7 Å². The van der Waals surface area contributed by atoms with E-state index in [1.807, 2.05) is 32.0 Å². The number of aromatic nitrogens is 2. The summed E-state index contributed by atoms with van der Waals surface area (Å²) in [6, 6.07) is 12.2. The number of benzene rings is 1. The summed E-state index contributed by atoms with van der Waals surface area (Å²) in [5.41, 5.74) is 8.01. The molecule has 2 aromatic heterocycles. The second kappa shape index (κ2) is 8.50. The van der Waals surface area contributed by atoms with Crippen LogP contribution in [-0.4, -0.2) is 21.8 Å². The standard InChI is InChI=1S/C19H18N4O3S/c1-12-10-13(2)21-19(20-12)27-11-14-5-7-15(8-6-14)17(24)22-23-18(25)16-4-3-9-26-16/h3-10H,11H2,1-2H3,(H,22,24)(H,23,25). The smallest absolute Gasteiger partial charge is 0.305 e. The van der Waals surface area contributed by atoms with Gasteiger partial charge in [0.1, 0.15) is 0 Å². The van der Waals surface area contributed by atoms with Crippen LogP contribution >= 0.6 is 11.8 Å². The summed E-state index contributed by atoms with van der Waals surface area (Å²) in [7, 11) is 0. The number of nitrogens with one attached hydrogen (secondary N) is 2. The largest absolute Gasteiger partial charge is 0.459 e. The number of nitrogens with zero attached hydrogens (tertiary/aromatic N) is 2. The van der Waals surface area contributed by atoms with Gasteiger partial charge in [-0.15, -0.1) is 0 Å². The minimum Gasteiger partial charge on any atom is -0.459 e. The molecule has 2 N–H and O–H groups in total. The fourth-order valence-corrected chi connectivity index (χ4v) is 3.22. The number of rotatable bonds is 5. The van der Waals surface area contributed by atoms with E-state index >= 15 is 0 Å². The van der Waals surface area contributed by atoms with Crippen molar-refractivity contribution in [2.45, 2.75) is 24.8 Å². The van der Waals surface area contributed by atoms with Crippen molar-refractivity contribution < 1.29 is 14.0 Å². The van der Waals surface area contributed by atoms with Crippen LogP contribution in [0.25, 0.3) is 0 Å². The Kier molecular flexibility index (Phi) is 5.87. The van der Waals surface area contributed by atoms with Crippen molar-refractivity contribution in [1.29, 1.82) is 0 Å². The van der Waals surface area contributed by atoms with Gasteiger partial charge in [-0.3, -0.25) is 20.4 Å². The lowest BCUT2D eigenvalue weighted by Crippen LogP contribution is -2.41. The molecular formula is C19H18N4O3S. The number of carbonyl (C=O) groups is 2. The molecule has 0 spiro atoms. The van der Waals surface area contributed by atoms with Crippen molar-refractivity contribution in [3.05, 3.63) is 77.0 Å². The van der Waals surface area contributed by atoms with Crippen molar-refractivity contribution in [2.75, 3.05) is 0 Å². The Balaban J connectivity index is 1.53. The summed E-state index contributed by atoms with van der Waals surface area (Å²) in [5, 5.41) is 0.731. The Hall–Kier alpha value is -3.13. The van der Waals surface area contributed by atoms with Gasteiger partial charge in [-0.2, -0.15) is 0 Å². The summed E-state index contributed by atoms with van der Waals surface area (Å²) in [6.07, 6.45) is 1.39. The molecule has 0 unspecified atom stereocenters. The zero-order valence-electron chi connectivity index (χ0n) is 14.9. The van der Waals surface area contributed by atoms with Crippen LogP contribution in [0.5, 0.6) is 0 Å². The van der Waals surface area contributed by atoms with Gasteiger partial charge in [0, 0.05) is 22.7 Å². The maximum Gasteiger partial charge on any atom is 0.305 e. The zero-order chi connectivity index (χ0) is 19.2. The van der Waals surface area contributed by atoms with Crippen LogP contribution in [0.3, 0.4) is 0 Å². The van der Waals surface area contributed by atoms with E-state index in [4.69, 9.17) is 4.42 Å². The number of amides is 2. The normalized spacial score (nSPS) is 10.4. The molecular weight excluding hydrogens is 364 g/mol. The van der Waals surface area contributed by atoms with E-state index in [0.29, 0.717) is 11.3 Å². The second-order valence-electron chi connectivity index (χ2n) is 5.80. The highest BCUT2D eigenvalue weighted by atomic mass is 32.2. The molecule has 0 aliphatic carbocycles. The Labute approximate surface area is 160 Å². The number of aryl methyl sites for hydroxylation is 2. The van der Waals surface area contributed by atoms with Crippen LogP contribution in [0, 0.1) is 13.8 Å². The average molecular weight is 382 g/mol. The molecule has 7 nitrogen and oxygen atoms in total. The van der Waals surface area contributed by atoms with Gasteiger partial charge in [0.05, 0.1) is 6.26 Å². The Morgan fingerprint density at radius 3 is 2.30 bits per heavy atom. The molecule has 2 amide bonds. The molecule has 1 aromatic carbocycles. The van der Waals surface area contributed by atoms with Crippen molar-refractivity contribution in [3.63, 3.8) is 0 Å². The molecule has 0 aliphatic rings. The molecule has 0 atom stereocenters. The number of hydrogen-bond donors (Lipinski definition) is 2. The molecule has 8 heteroatoms. The molecule has 0 radical (unpaired) electrons. The third-order valence-electron chi connectivity index (χ3n) is 3.58. The molecule has 0 saturated carbocycles. The highest BCUT2D eigenvalue weighted by Gasteiger charge is 2.11. The average Bonchev–Trinajstić information content (AvgIpc) is 3.19. The Morgan fingerprint density at radius 1 is 1.00 bits per heavy atom. The Bertz CT molecular complexity index is 920. The van der Waals surface area contributed by atoms with Crippen molar-refractivity contribution in [3.8, 4) is 0 Å². The number of hydrazine groups is 1.